The molecule has 0 saturated carbocycles. The lowest BCUT2D eigenvalue weighted by Crippen LogP contribution is -2.22. The predicted molar refractivity (Wildman–Crippen MR) is 119 cm³/mol. The van der Waals surface area contributed by atoms with Gasteiger partial charge in [0.15, 0.2) is 0 Å². The number of anilines is 1. The summed E-state index contributed by atoms with van der Waals surface area (Å²) in [6.45, 7) is 0. The molecule has 0 atom stereocenters. The summed E-state index contributed by atoms with van der Waals surface area (Å²) in [6, 6.07) is 21.3. The fourth-order valence-electron chi connectivity index (χ4n) is 3.27. The number of hydrogen-bond acceptors (Lipinski definition) is 5. The second kappa shape index (κ2) is 8.00. The summed E-state index contributed by atoms with van der Waals surface area (Å²) in [7, 11) is 1.63. The molecule has 3 aromatic carbocycles. The van der Waals surface area contributed by atoms with Gasteiger partial charge in [-0.05, 0) is 42.0 Å². The standard InChI is InChI=1S/C23H18N4O3/c1-24-20-13-11-16(15-21(20)27(29)30)12-14-22-25-19-10-6-5-9-18(19)23(28)26(22)17-7-3-2-4-8-17/h2-15,24H,1H3/b14-12+. The Bertz CT molecular complexity index is 1330. The van der Waals surface area contributed by atoms with Crippen LogP contribution in [-0.4, -0.2) is 21.5 Å². The van der Waals surface area contributed by atoms with Gasteiger partial charge in [-0.1, -0.05) is 42.5 Å². The van der Waals surface area contributed by atoms with Crippen LogP contribution in [0, 0.1) is 10.1 Å². The quantitative estimate of drug-likeness (QED) is 0.395. The highest BCUT2D eigenvalue weighted by atomic mass is 16.6. The molecule has 1 N–H and O–H groups in total. The topological polar surface area (TPSA) is 90.1 Å². The van der Waals surface area contributed by atoms with Gasteiger partial charge in [-0.25, -0.2) is 4.98 Å². The van der Waals surface area contributed by atoms with E-state index < -0.39 is 4.92 Å². The highest BCUT2D eigenvalue weighted by Crippen LogP contribution is 2.26. The molecule has 0 bridgehead atoms. The Hall–Kier alpha value is -4.26. The molecule has 4 aromatic rings. The van der Waals surface area contributed by atoms with Crippen molar-refractivity contribution in [2.75, 3.05) is 12.4 Å². The monoisotopic (exact) mass is 398 g/mol. The van der Waals surface area contributed by atoms with Crippen molar-refractivity contribution in [1.29, 1.82) is 0 Å². The molecule has 0 aliphatic rings. The molecule has 30 heavy (non-hydrogen) atoms. The Balaban J connectivity index is 1.88. The van der Waals surface area contributed by atoms with Crippen molar-refractivity contribution in [1.82, 2.24) is 9.55 Å². The molecule has 0 aliphatic heterocycles. The number of nitro groups is 1. The number of para-hydroxylation sites is 2. The minimum Gasteiger partial charge on any atom is -0.383 e. The Labute approximate surface area is 172 Å². The molecule has 0 radical (unpaired) electrons. The zero-order valence-electron chi connectivity index (χ0n) is 16.1. The fourth-order valence-corrected chi connectivity index (χ4v) is 3.27. The van der Waals surface area contributed by atoms with Crippen LogP contribution in [0.1, 0.15) is 11.4 Å². The number of nitrogens with zero attached hydrogens (tertiary/aromatic N) is 3. The minimum absolute atomic E-state index is 0.0217. The zero-order chi connectivity index (χ0) is 21.1. The number of fused-ring (bicyclic) bond motifs is 1. The highest BCUT2D eigenvalue weighted by Gasteiger charge is 2.13. The summed E-state index contributed by atoms with van der Waals surface area (Å²) in [5.41, 5.74) is 2.14. The first-order valence-corrected chi connectivity index (χ1v) is 9.30. The van der Waals surface area contributed by atoms with Gasteiger partial charge in [0.25, 0.3) is 11.2 Å². The smallest absolute Gasteiger partial charge is 0.292 e. The number of nitrogens with one attached hydrogen (secondary N) is 1. The van der Waals surface area contributed by atoms with Crippen LogP contribution in [0.4, 0.5) is 11.4 Å². The van der Waals surface area contributed by atoms with Crippen molar-refractivity contribution in [2.24, 2.45) is 0 Å². The molecule has 148 valence electrons. The summed E-state index contributed by atoms with van der Waals surface area (Å²) in [5.74, 6) is 0.435. The largest absolute Gasteiger partial charge is 0.383 e. The molecule has 0 saturated heterocycles. The maximum absolute atomic E-state index is 13.2. The molecular formula is C23H18N4O3. The molecule has 0 spiro atoms. The van der Waals surface area contributed by atoms with E-state index in [0.29, 0.717) is 33.7 Å². The zero-order valence-corrected chi connectivity index (χ0v) is 16.1. The fraction of sp³-hybridized carbons (Fsp3) is 0.0435. The third kappa shape index (κ3) is 3.56. The first kappa shape index (κ1) is 19.1. The lowest BCUT2D eigenvalue weighted by molar-refractivity contribution is -0.383. The number of rotatable bonds is 5. The van der Waals surface area contributed by atoms with E-state index >= 15 is 0 Å². The Kier molecular flexibility index (Phi) is 5.09. The van der Waals surface area contributed by atoms with E-state index in [0.717, 1.165) is 0 Å². The van der Waals surface area contributed by atoms with Crippen LogP contribution in [0.5, 0.6) is 0 Å². The van der Waals surface area contributed by atoms with Gasteiger partial charge in [0.2, 0.25) is 0 Å². The third-order valence-electron chi connectivity index (χ3n) is 4.73. The van der Waals surface area contributed by atoms with Crippen LogP contribution < -0.4 is 10.9 Å². The Morgan fingerprint density at radius 1 is 1.00 bits per heavy atom. The molecular weight excluding hydrogens is 380 g/mol. The van der Waals surface area contributed by atoms with Gasteiger partial charge in [-0.15, -0.1) is 0 Å². The van der Waals surface area contributed by atoms with E-state index in [1.807, 2.05) is 36.4 Å². The van der Waals surface area contributed by atoms with Gasteiger partial charge < -0.3 is 5.32 Å². The summed E-state index contributed by atoms with van der Waals surface area (Å²) in [5, 5.41) is 14.7. The van der Waals surface area contributed by atoms with Crippen LogP contribution in [-0.2, 0) is 0 Å². The summed E-state index contributed by atoms with van der Waals surface area (Å²) < 4.78 is 1.54. The molecule has 1 heterocycles. The van der Waals surface area contributed by atoms with Crippen LogP contribution in [0.25, 0.3) is 28.7 Å². The second-order valence-electron chi connectivity index (χ2n) is 6.58. The first-order chi connectivity index (χ1) is 14.6. The van der Waals surface area contributed by atoms with Crippen molar-refractivity contribution in [2.45, 2.75) is 0 Å². The van der Waals surface area contributed by atoms with Crippen molar-refractivity contribution in [3.05, 3.63) is 105 Å². The normalized spacial score (nSPS) is 11.1. The van der Waals surface area contributed by atoms with Gasteiger partial charge in [0, 0.05) is 13.1 Å². The summed E-state index contributed by atoms with van der Waals surface area (Å²) >= 11 is 0. The summed E-state index contributed by atoms with van der Waals surface area (Å²) in [6.07, 6.45) is 3.40. The molecule has 0 unspecified atom stereocenters. The van der Waals surface area contributed by atoms with Crippen molar-refractivity contribution in [3.8, 4) is 5.69 Å². The van der Waals surface area contributed by atoms with Crippen LogP contribution in [0.2, 0.25) is 0 Å². The maximum atomic E-state index is 13.2. The number of hydrogen-bond donors (Lipinski definition) is 1. The van der Waals surface area contributed by atoms with Crippen molar-refractivity contribution >= 4 is 34.4 Å². The van der Waals surface area contributed by atoms with Gasteiger partial charge in [-0.3, -0.25) is 19.5 Å². The Morgan fingerprint density at radius 2 is 1.73 bits per heavy atom. The van der Waals surface area contributed by atoms with Gasteiger partial charge >= 0.3 is 0 Å². The number of benzene rings is 3. The predicted octanol–water partition coefficient (Wildman–Crippen LogP) is 4.51. The molecule has 0 fully saturated rings. The number of aromatic nitrogens is 2. The first-order valence-electron chi connectivity index (χ1n) is 9.30. The van der Waals surface area contributed by atoms with Crippen LogP contribution >= 0.6 is 0 Å². The minimum atomic E-state index is -0.433. The van der Waals surface area contributed by atoms with E-state index in [1.54, 1.807) is 49.5 Å². The molecule has 4 rings (SSSR count). The van der Waals surface area contributed by atoms with Crippen LogP contribution in [0.3, 0.4) is 0 Å². The Morgan fingerprint density at radius 3 is 2.47 bits per heavy atom. The highest BCUT2D eigenvalue weighted by molar-refractivity contribution is 5.80. The molecule has 0 amide bonds. The average Bonchev–Trinajstić information content (AvgIpc) is 2.78. The second-order valence-corrected chi connectivity index (χ2v) is 6.58. The average molecular weight is 398 g/mol. The molecule has 7 heteroatoms. The van der Waals surface area contributed by atoms with Gasteiger partial charge in [0.1, 0.15) is 11.5 Å². The van der Waals surface area contributed by atoms with Gasteiger partial charge in [-0.2, -0.15) is 0 Å². The summed E-state index contributed by atoms with van der Waals surface area (Å²) in [4.78, 5) is 28.7. The van der Waals surface area contributed by atoms with Gasteiger partial charge in [0.05, 0.1) is 21.5 Å². The molecule has 0 aliphatic carbocycles. The van der Waals surface area contributed by atoms with E-state index in [9.17, 15) is 14.9 Å². The number of nitro benzene ring substituents is 1. The SMILES string of the molecule is CNc1ccc(/C=C/c2nc3ccccc3c(=O)n2-c2ccccc2)cc1[N+](=O)[O-]. The van der Waals surface area contributed by atoms with E-state index in [-0.39, 0.29) is 11.2 Å². The van der Waals surface area contributed by atoms with Crippen molar-refractivity contribution < 1.29 is 4.92 Å². The van der Waals surface area contributed by atoms with E-state index in [1.165, 1.54) is 10.6 Å². The van der Waals surface area contributed by atoms with Crippen molar-refractivity contribution in [3.63, 3.8) is 0 Å². The van der Waals surface area contributed by atoms with E-state index in [2.05, 4.69) is 10.3 Å². The van der Waals surface area contributed by atoms with Crippen LogP contribution in [0.15, 0.2) is 77.6 Å². The lowest BCUT2D eigenvalue weighted by Gasteiger charge is -2.11. The third-order valence-corrected chi connectivity index (χ3v) is 4.73. The molecule has 7 nitrogen and oxygen atoms in total. The van der Waals surface area contributed by atoms with E-state index in [4.69, 9.17) is 0 Å². The molecule has 1 aromatic heterocycles. The maximum Gasteiger partial charge on any atom is 0.292 e. The lowest BCUT2D eigenvalue weighted by atomic mass is 10.1.